The van der Waals surface area contributed by atoms with E-state index in [-0.39, 0.29) is 24.8 Å². The van der Waals surface area contributed by atoms with E-state index in [0.717, 1.165) is 5.57 Å². The Morgan fingerprint density at radius 1 is 1.50 bits per heavy atom. The molecule has 1 aliphatic heterocycles. The second-order valence-corrected chi connectivity index (χ2v) is 3.23. The molecule has 0 saturated carbocycles. The minimum absolute atomic E-state index is 0.0748. The molecule has 2 aliphatic rings. The van der Waals surface area contributed by atoms with E-state index in [9.17, 15) is 9.90 Å². The number of fused-ring (bicyclic) bond motifs is 1. The number of hydrogen-bond acceptors (Lipinski definition) is 4. The fourth-order valence-corrected chi connectivity index (χ4v) is 1.59. The number of ether oxygens (including phenoxy) is 1. The maximum Gasteiger partial charge on any atom is 0.310 e. The number of aliphatic hydroxyl groups is 2. The Morgan fingerprint density at radius 3 is 3.00 bits per heavy atom. The monoisotopic (exact) mass is 194 g/mol. The van der Waals surface area contributed by atoms with Crippen molar-refractivity contribution in [1.82, 2.24) is 0 Å². The molecule has 14 heavy (non-hydrogen) atoms. The van der Waals surface area contributed by atoms with Crippen molar-refractivity contribution in [1.29, 1.82) is 0 Å². The van der Waals surface area contributed by atoms with Gasteiger partial charge in [0.2, 0.25) is 0 Å². The summed E-state index contributed by atoms with van der Waals surface area (Å²) in [6.07, 6.45) is 4.21. The van der Waals surface area contributed by atoms with Crippen molar-refractivity contribution in [2.75, 3.05) is 6.61 Å². The highest BCUT2D eigenvalue weighted by Gasteiger charge is 2.27. The first kappa shape index (κ1) is 9.02. The number of esters is 1. The molecule has 0 fully saturated rings. The van der Waals surface area contributed by atoms with Gasteiger partial charge in [0.25, 0.3) is 0 Å². The molecule has 1 heterocycles. The Labute approximate surface area is 80.8 Å². The molecule has 0 amide bonds. The smallest absolute Gasteiger partial charge is 0.310 e. The third-order valence-electron chi connectivity index (χ3n) is 2.28. The first-order valence-corrected chi connectivity index (χ1v) is 4.32. The van der Waals surface area contributed by atoms with E-state index in [1.165, 1.54) is 12.2 Å². The van der Waals surface area contributed by atoms with Crippen LogP contribution < -0.4 is 0 Å². The zero-order valence-corrected chi connectivity index (χ0v) is 7.43. The Morgan fingerprint density at radius 2 is 2.29 bits per heavy atom. The van der Waals surface area contributed by atoms with Crippen LogP contribution in [0.4, 0.5) is 0 Å². The van der Waals surface area contributed by atoms with Gasteiger partial charge in [0.1, 0.15) is 11.9 Å². The largest absolute Gasteiger partial charge is 0.508 e. The van der Waals surface area contributed by atoms with Crippen molar-refractivity contribution < 1.29 is 19.7 Å². The molecule has 0 aromatic carbocycles. The molecule has 2 rings (SSSR count). The highest BCUT2D eigenvalue weighted by Crippen LogP contribution is 2.27. The number of carbonyl (C=O) groups excluding carboxylic acids is 1. The van der Waals surface area contributed by atoms with Gasteiger partial charge >= 0.3 is 5.97 Å². The highest BCUT2D eigenvalue weighted by molar-refractivity contribution is 5.76. The minimum Gasteiger partial charge on any atom is -0.508 e. The lowest BCUT2D eigenvalue weighted by atomic mass is 9.94. The van der Waals surface area contributed by atoms with Crippen LogP contribution in [0, 0.1) is 0 Å². The summed E-state index contributed by atoms with van der Waals surface area (Å²) < 4.78 is 5.00. The van der Waals surface area contributed by atoms with Gasteiger partial charge in [-0.3, -0.25) is 4.79 Å². The lowest BCUT2D eigenvalue weighted by Gasteiger charge is -2.26. The molecule has 0 aromatic heterocycles. The van der Waals surface area contributed by atoms with Gasteiger partial charge < -0.3 is 14.9 Å². The summed E-state index contributed by atoms with van der Waals surface area (Å²) in [6.45, 7) is -0.153. The molecule has 1 aliphatic carbocycles. The summed E-state index contributed by atoms with van der Waals surface area (Å²) in [5.74, 6) is -0.298. The Bertz CT molecular complexity index is 362. The standard InChI is InChI=1S/C10H10O4/c11-5-6-3-10(13)14-9-4-7(12)1-2-8(6)9/h1-2,4,9,11-12H,3,5H2/t9-/m0/s1. The fraction of sp³-hybridized carbons (Fsp3) is 0.300. The van der Waals surface area contributed by atoms with Crippen LogP contribution in [0.1, 0.15) is 6.42 Å². The van der Waals surface area contributed by atoms with Crippen LogP contribution in [0.15, 0.2) is 35.1 Å². The molecular weight excluding hydrogens is 184 g/mol. The zero-order chi connectivity index (χ0) is 10.1. The molecule has 0 bridgehead atoms. The molecule has 0 saturated heterocycles. The predicted octanol–water partition coefficient (Wildman–Crippen LogP) is 0.602. The van der Waals surface area contributed by atoms with Crippen LogP contribution in [0.2, 0.25) is 0 Å². The molecule has 0 unspecified atom stereocenters. The van der Waals surface area contributed by atoms with Gasteiger partial charge in [-0.1, -0.05) is 6.08 Å². The van der Waals surface area contributed by atoms with Gasteiger partial charge in [0, 0.05) is 6.08 Å². The Kier molecular flexibility index (Phi) is 2.13. The number of aliphatic hydroxyl groups excluding tert-OH is 2. The van der Waals surface area contributed by atoms with Crippen LogP contribution in [0.3, 0.4) is 0 Å². The molecule has 74 valence electrons. The summed E-state index contributed by atoms with van der Waals surface area (Å²) in [7, 11) is 0. The van der Waals surface area contributed by atoms with E-state index in [1.54, 1.807) is 6.08 Å². The van der Waals surface area contributed by atoms with Gasteiger partial charge in [-0.15, -0.1) is 0 Å². The lowest BCUT2D eigenvalue weighted by molar-refractivity contribution is -0.146. The van der Waals surface area contributed by atoms with Gasteiger partial charge in [-0.05, 0) is 17.2 Å². The van der Waals surface area contributed by atoms with Crippen LogP contribution in [-0.2, 0) is 9.53 Å². The summed E-state index contributed by atoms with van der Waals surface area (Å²) in [6, 6.07) is 0. The van der Waals surface area contributed by atoms with E-state index in [2.05, 4.69) is 0 Å². The average Bonchev–Trinajstić information content (AvgIpc) is 2.15. The first-order chi connectivity index (χ1) is 6.70. The SMILES string of the molecule is O=C1CC(CO)=C2C=CC(O)=C[C@@H]2O1. The van der Waals surface area contributed by atoms with Crippen LogP contribution in [0.25, 0.3) is 0 Å². The zero-order valence-electron chi connectivity index (χ0n) is 7.43. The van der Waals surface area contributed by atoms with Gasteiger partial charge in [0.15, 0.2) is 0 Å². The summed E-state index contributed by atoms with van der Waals surface area (Å²) in [5.41, 5.74) is 1.43. The average molecular weight is 194 g/mol. The van der Waals surface area contributed by atoms with Crippen LogP contribution in [-0.4, -0.2) is 28.9 Å². The maximum atomic E-state index is 11.1. The number of allylic oxidation sites excluding steroid dienone is 1. The van der Waals surface area contributed by atoms with Crippen molar-refractivity contribution in [2.45, 2.75) is 12.5 Å². The number of rotatable bonds is 1. The van der Waals surface area contributed by atoms with E-state index in [1.807, 2.05) is 0 Å². The van der Waals surface area contributed by atoms with Gasteiger partial charge in [0.05, 0.1) is 13.0 Å². The third kappa shape index (κ3) is 1.44. The highest BCUT2D eigenvalue weighted by atomic mass is 16.5. The van der Waals surface area contributed by atoms with Crippen molar-refractivity contribution in [3.05, 3.63) is 35.1 Å². The molecule has 2 N–H and O–H groups in total. The molecule has 4 nitrogen and oxygen atoms in total. The van der Waals surface area contributed by atoms with E-state index < -0.39 is 6.10 Å². The molecule has 0 aromatic rings. The van der Waals surface area contributed by atoms with Crippen molar-refractivity contribution in [3.63, 3.8) is 0 Å². The quantitative estimate of drug-likeness (QED) is 0.600. The minimum atomic E-state index is -0.539. The molecule has 0 radical (unpaired) electrons. The second kappa shape index (κ2) is 3.31. The molecule has 4 heteroatoms. The van der Waals surface area contributed by atoms with E-state index in [0.29, 0.717) is 5.57 Å². The summed E-state index contributed by atoms with van der Waals surface area (Å²) in [5, 5.41) is 18.2. The van der Waals surface area contributed by atoms with Gasteiger partial charge in [-0.25, -0.2) is 0 Å². The third-order valence-corrected chi connectivity index (χ3v) is 2.28. The van der Waals surface area contributed by atoms with Crippen molar-refractivity contribution >= 4 is 5.97 Å². The van der Waals surface area contributed by atoms with Crippen molar-refractivity contribution in [2.24, 2.45) is 0 Å². The molecule has 0 spiro atoms. The van der Waals surface area contributed by atoms with E-state index >= 15 is 0 Å². The Balaban J connectivity index is 2.40. The molecular formula is C10H10O4. The van der Waals surface area contributed by atoms with Crippen LogP contribution >= 0.6 is 0 Å². The Hall–Kier alpha value is -1.55. The second-order valence-electron chi connectivity index (χ2n) is 3.23. The number of carbonyl (C=O) groups is 1. The topological polar surface area (TPSA) is 66.8 Å². The fourth-order valence-electron chi connectivity index (χ4n) is 1.59. The normalized spacial score (nSPS) is 25.6. The maximum absolute atomic E-state index is 11.1. The van der Waals surface area contributed by atoms with Crippen molar-refractivity contribution in [3.8, 4) is 0 Å². The number of hydrogen-bond donors (Lipinski definition) is 2. The van der Waals surface area contributed by atoms with Crippen LogP contribution in [0.5, 0.6) is 0 Å². The first-order valence-electron chi connectivity index (χ1n) is 4.32. The lowest BCUT2D eigenvalue weighted by Crippen LogP contribution is -2.27. The predicted molar refractivity (Wildman–Crippen MR) is 48.5 cm³/mol. The summed E-state index contributed by atoms with van der Waals surface area (Å²) >= 11 is 0. The van der Waals surface area contributed by atoms with Gasteiger partial charge in [-0.2, -0.15) is 0 Å². The van der Waals surface area contributed by atoms with E-state index in [4.69, 9.17) is 9.84 Å². The molecule has 1 atom stereocenters. The summed E-state index contributed by atoms with van der Waals surface area (Å²) in [4.78, 5) is 11.1.